The molecule has 0 nitrogen and oxygen atoms in total. The minimum Gasteiger partial charge on any atom is -0.123 e. The van der Waals surface area contributed by atoms with Gasteiger partial charge in [-0.3, -0.25) is 0 Å². The van der Waals surface area contributed by atoms with Gasteiger partial charge >= 0.3 is 0 Å². The summed E-state index contributed by atoms with van der Waals surface area (Å²) < 4.78 is 1.37. The zero-order valence-electron chi connectivity index (χ0n) is 9.24. The van der Waals surface area contributed by atoms with Crippen molar-refractivity contribution >= 4 is 40.7 Å². The topological polar surface area (TPSA) is 0 Å². The monoisotopic (exact) mass is 268 g/mol. The molecular formula is C13H13ClS2. The average Bonchev–Trinajstić information content (AvgIpc) is 2.29. The van der Waals surface area contributed by atoms with Crippen LogP contribution in [-0.2, 0) is 0 Å². The second kappa shape index (κ2) is 5.35. The molecule has 1 heterocycles. The second-order valence-electron chi connectivity index (χ2n) is 3.62. The molecule has 1 aromatic carbocycles. The largest absolute Gasteiger partial charge is 0.123 e. The van der Waals surface area contributed by atoms with Gasteiger partial charge in [0.1, 0.15) is 0 Å². The van der Waals surface area contributed by atoms with Crippen molar-refractivity contribution < 1.29 is 0 Å². The second-order valence-corrected chi connectivity index (χ2v) is 6.58. The zero-order valence-corrected chi connectivity index (χ0v) is 11.6. The number of halogens is 1. The molecule has 0 saturated heterocycles. The summed E-state index contributed by atoms with van der Waals surface area (Å²) >= 11 is 9.61. The fourth-order valence-electron chi connectivity index (χ4n) is 1.61. The van der Waals surface area contributed by atoms with Crippen molar-refractivity contribution in [2.45, 2.75) is 12.2 Å². The maximum absolute atomic E-state index is 5.89. The number of benzene rings is 1. The predicted molar refractivity (Wildman–Crippen MR) is 78.1 cm³/mol. The number of allylic oxidation sites excluding steroid dienone is 2. The quantitative estimate of drug-likeness (QED) is 0.735. The predicted octanol–water partition coefficient (Wildman–Crippen LogP) is 5.06. The van der Waals surface area contributed by atoms with Gasteiger partial charge in [-0.15, -0.1) is 23.5 Å². The van der Waals surface area contributed by atoms with Crippen LogP contribution >= 0.6 is 35.1 Å². The van der Waals surface area contributed by atoms with E-state index in [0.717, 1.165) is 5.02 Å². The number of rotatable bonds is 2. The van der Waals surface area contributed by atoms with E-state index in [4.69, 9.17) is 11.6 Å². The van der Waals surface area contributed by atoms with E-state index in [9.17, 15) is 0 Å². The lowest BCUT2D eigenvalue weighted by atomic mass is 10.0. The van der Waals surface area contributed by atoms with E-state index in [1.165, 1.54) is 15.4 Å². The lowest BCUT2D eigenvalue weighted by Gasteiger charge is -2.17. The fourth-order valence-corrected chi connectivity index (χ4v) is 3.60. The summed E-state index contributed by atoms with van der Waals surface area (Å²) in [6.07, 6.45) is 6.67. The van der Waals surface area contributed by atoms with Crippen LogP contribution in [0.5, 0.6) is 0 Å². The molecule has 0 aromatic heterocycles. The van der Waals surface area contributed by atoms with Gasteiger partial charge in [-0.2, -0.15) is 0 Å². The standard InChI is InChI=1S/C13H13ClS2/c1-9-7-11(8-13(15-2)16-9)10-3-5-12(14)6-4-10/h3-9H,1-2H3. The summed E-state index contributed by atoms with van der Waals surface area (Å²) in [5.41, 5.74) is 2.54. The first-order valence-electron chi connectivity index (χ1n) is 5.09. The van der Waals surface area contributed by atoms with Crippen LogP contribution in [0.25, 0.3) is 5.57 Å². The first-order valence-corrected chi connectivity index (χ1v) is 7.57. The third-order valence-electron chi connectivity index (χ3n) is 2.37. The van der Waals surface area contributed by atoms with Crippen molar-refractivity contribution in [1.29, 1.82) is 0 Å². The Morgan fingerprint density at radius 1 is 1.25 bits per heavy atom. The SMILES string of the molecule is CSC1=CC(c2ccc(Cl)cc2)=CC(C)S1. The summed E-state index contributed by atoms with van der Waals surface area (Å²) in [5, 5.41) is 1.33. The van der Waals surface area contributed by atoms with Gasteiger partial charge in [0.15, 0.2) is 0 Å². The van der Waals surface area contributed by atoms with Gasteiger partial charge in [0.05, 0.1) is 0 Å². The van der Waals surface area contributed by atoms with E-state index in [1.807, 2.05) is 35.7 Å². The third-order valence-corrected chi connectivity index (χ3v) is 4.79. The molecule has 0 spiro atoms. The number of hydrogen-bond acceptors (Lipinski definition) is 2. The summed E-state index contributed by atoms with van der Waals surface area (Å²) in [7, 11) is 0. The van der Waals surface area contributed by atoms with Crippen LogP contribution < -0.4 is 0 Å². The Bertz CT molecular complexity index is 432. The Labute approximate surface area is 110 Å². The Morgan fingerprint density at radius 2 is 1.94 bits per heavy atom. The summed E-state index contributed by atoms with van der Waals surface area (Å²) in [4.78, 5) is 0. The van der Waals surface area contributed by atoms with Crippen LogP contribution in [0.2, 0.25) is 5.02 Å². The van der Waals surface area contributed by atoms with Gasteiger partial charge in [-0.25, -0.2) is 0 Å². The molecule has 1 atom stereocenters. The molecule has 0 saturated carbocycles. The molecule has 0 N–H and O–H groups in total. The Balaban J connectivity index is 2.33. The molecule has 2 rings (SSSR count). The normalized spacial score (nSPS) is 20.3. The first-order chi connectivity index (χ1) is 7.69. The highest BCUT2D eigenvalue weighted by Gasteiger charge is 2.12. The van der Waals surface area contributed by atoms with Crippen LogP contribution in [0.3, 0.4) is 0 Å². The van der Waals surface area contributed by atoms with Crippen molar-refractivity contribution in [3.8, 4) is 0 Å². The van der Waals surface area contributed by atoms with E-state index in [2.05, 4.69) is 37.5 Å². The van der Waals surface area contributed by atoms with Gasteiger partial charge in [0.25, 0.3) is 0 Å². The molecule has 0 aliphatic carbocycles. The van der Waals surface area contributed by atoms with E-state index in [-0.39, 0.29) is 0 Å². The van der Waals surface area contributed by atoms with E-state index in [1.54, 1.807) is 0 Å². The molecule has 0 fully saturated rings. The molecule has 1 unspecified atom stereocenters. The van der Waals surface area contributed by atoms with Crippen LogP contribution in [0.15, 0.2) is 40.7 Å². The molecule has 0 radical (unpaired) electrons. The lowest BCUT2D eigenvalue weighted by Crippen LogP contribution is -1.98. The van der Waals surface area contributed by atoms with Crippen molar-refractivity contribution in [1.82, 2.24) is 0 Å². The molecule has 1 aliphatic heterocycles. The Morgan fingerprint density at radius 3 is 2.56 bits per heavy atom. The Kier molecular flexibility index (Phi) is 4.06. The van der Waals surface area contributed by atoms with Crippen LogP contribution in [-0.4, -0.2) is 11.5 Å². The maximum atomic E-state index is 5.89. The van der Waals surface area contributed by atoms with Gasteiger partial charge in [0.2, 0.25) is 0 Å². The third kappa shape index (κ3) is 2.88. The van der Waals surface area contributed by atoms with E-state index >= 15 is 0 Å². The zero-order chi connectivity index (χ0) is 11.5. The summed E-state index contributed by atoms with van der Waals surface area (Å²) in [5.74, 6) is 0. The smallest absolute Gasteiger partial charge is 0.0409 e. The van der Waals surface area contributed by atoms with Gasteiger partial charge < -0.3 is 0 Å². The number of hydrogen-bond donors (Lipinski definition) is 0. The molecular weight excluding hydrogens is 256 g/mol. The van der Waals surface area contributed by atoms with Crippen molar-refractivity contribution in [3.05, 3.63) is 51.2 Å². The molecule has 1 aliphatic rings. The minimum absolute atomic E-state index is 0.540. The summed E-state index contributed by atoms with van der Waals surface area (Å²) in [6.45, 7) is 2.23. The maximum Gasteiger partial charge on any atom is 0.0409 e. The van der Waals surface area contributed by atoms with E-state index in [0.29, 0.717) is 5.25 Å². The van der Waals surface area contributed by atoms with Gasteiger partial charge in [-0.1, -0.05) is 29.8 Å². The highest BCUT2D eigenvalue weighted by Crippen LogP contribution is 2.38. The van der Waals surface area contributed by atoms with Crippen LogP contribution in [0.1, 0.15) is 12.5 Å². The molecule has 16 heavy (non-hydrogen) atoms. The number of thioether (sulfide) groups is 2. The molecule has 84 valence electrons. The lowest BCUT2D eigenvalue weighted by molar-refractivity contribution is 1.25. The molecule has 0 amide bonds. The van der Waals surface area contributed by atoms with Crippen molar-refractivity contribution in [2.24, 2.45) is 0 Å². The van der Waals surface area contributed by atoms with Crippen LogP contribution in [0.4, 0.5) is 0 Å². The highest BCUT2D eigenvalue weighted by atomic mass is 35.5. The first kappa shape index (κ1) is 12.2. The molecule has 1 aromatic rings. The average molecular weight is 269 g/mol. The highest BCUT2D eigenvalue weighted by molar-refractivity contribution is 8.22. The molecule has 0 bridgehead atoms. The van der Waals surface area contributed by atoms with Crippen molar-refractivity contribution in [2.75, 3.05) is 6.26 Å². The summed E-state index contributed by atoms with van der Waals surface area (Å²) in [6, 6.07) is 8.03. The Hall–Kier alpha value is -0.310. The minimum atomic E-state index is 0.540. The van der Waals surface area contributed by atoms with Crippen molar-refractivity contribution in [3.63, 3.8) is 0 Å². The van der Waals surface area contributed by atoms with Crippen LogP contribution in [0, 0.1) is 0 Å². The van der Waals surface area contributed by atoms with Gasteiger partial charge in [0, 0.05) is 14.5 Å². The van der Waals surface area contributed by atoms with E-state index < -0.39 is 0 Å². The van der Waals surface area contributed by atoms with Gasteiger partial charge in [-0.05, 0) is 42.5 Å². The fraction of sp³-hybridized carbons (Fsp3) is 0.231. The molecule has 3 heteroatoms.